The van der Waals surface area contributed by atoms with E-state index in [2.05, 4.69) is 12.1 Å². The SMILES string of the molecule is S=C1CC(CCl)=CC=C1OCCc1ccc(CCl)cc1. The van der Waals surface area contributed by atoms with E-state index in [9.17, 15) is 0 Å². The van der Waals surface area contributed by atoms with E-state index >= 15 is 0 Å². The van der Waals surface area contributed by atoms with E-state index in [1.54, 1.807) is 0 Å². The summed E-state index contributed by atoms with van der Waals surface area (Å²) in [5.41, 5.74) is 3.50. The van der Waals surface area contributed by atoms with Gasteiger partial charge in [-0.05, 0) is 22.8 Å². The van der Waals surface area contributed by atoms with Crippen LogP contribution < -0.4 is 0 Å². The molecule has 0 heterocycles. The Morgan fingerprint density at radius 1 is 1.00 bits per heavy atom. The van der Waals surface area contributed by atoms with Gasteiger partial charge in [0.25, 0.3) is 0 Å². The molecule has 0 aromatic heterocycles. The van der Waals surface area contributed by atoms with Gasteiger partial charge in [-0.15, -0.1) is 23.2 Å². The van der Waals surface area contributed by atoms with Gasteiger partial charge in [-0.2, -0.15) is 0 Å². The number of rotatable bonds is 6. The summed E-state index contributed by atoms with van der Waals surface area (Å²) < 4.78 is 5.75. The Kier molecular flexibility index (Phi) is 6.08. The molecule has 0 saturated carbocycles. The zero-order valence-electron chi connectivity index (χ0n) is 11.1. The largest absolute Gasteiger partial charge is 0.492 e. The molecule has 1 aliphatic rings. The fourth-order valence-electron chi connectivity index (χ4n) is 1.93. The number of alkyl halides is 2. The maximum Gasteiger partial charge on any atom is 0.133 e. The average molecular weight is 327 g/mol. The summed E-state index contributed by atoms with van der Waals surface area (Å²) in [6, 6.07) is 8.25. The summed E-state index contributed by atoms with van der Waals surface area (Å²) in [6.07, 6.45) is 5.50. The second-order valence-corrected chi connectivity index (χ2v) is 5.67. The van der Waals surface area contributed by atoms with E-state index in [1.165, 1.54) is 5.56 Å². The van der Waals surface area contributed by atoms with Crippen molar-refractivity contribution < 1.29 is 4.74 Å². The third kappa shape index (κ3) is 4.34. The summed E-state index contributed by atoms with van der Waals surface area (Å²) in [6.45, 7) is 0.621. The van der Waals surface area contributed by atoms with Crippen LogP contribution in [-0.2, 0) is 17.0 Å². The molecule has 0 spiro atoms. The van der Waals surface area contributed by atoms with Crippen molar-refractivity contribution in [3.63, 3.8) is 0 Å². The molecular formula is C16H16Cl2OS. The fraction of sp³-hybridized carbons (Fsp3) is 0.312. The summed E-state index contributed by atoms with van der Waals surface area (Å²) in [5, 5.41) is 0. The van der Waals surface area contributed by atoms with Crippen LogP contribution >= 0.6 is 35.4 Å². The van der Waals surface area contributed by atoms with Crippen molar-refractivity contribution in [2.45, 2.75) is 18.7 Å². The van der Waals surface area contributed by atoms with Gasteiger partial charge in [0.05, 0.1) is 11.5 Å². The van der Waals surface area contributed by atoms with Crippen LogP contribution in [0.3, 0.4) is 0 Å². The van der Waals surface area contributed by atoms with Crippen LogP contribution in [0.2, 0.25) is 0 Å². The molecule has 1 aromatic carbocycles. The molecule has 0 bridgehead atoms. The van der Waals surface area contributed by atoms with E-state index in [4.69, 9.17) is 40.2 Å². The Morgan fingerprint density at radius 3 is 2.30 bits per heavy atom. The molecule has 2 rings (SSSR count). The average Bonchev–Trinajstić information content (AvgIpc) is 2.49. The molecular weight excluding hydrogens is 311 g/mol. The highest BCUT2D eigenvalue weighted by atomic mass is 35.5. The third-order valence-electron chi connectivity index (χ3n) is 3.13. The standard InChI is InChI=1S/C16H16Cl2OS/c17-10-13-3-1-12(2-4-13)7-8-19-15-6-5-14(11-18)9-16(15)20/h1-6H,7-11H2. The van der Waals surface area contributed by atoms with E-state index in [0.717, 1.165) is 34.6 Å². The minimum Gasteiger partial charge on any atom is -0.492 e. The van der Waals surface area contributed by atoms with Crippen molar-refractivity contribution in [2.75, 3.05) is 12.5 Å². The smallest absolute Gasteiger partial charge is 0.133 e. The first-order chi connectivity index (χ1) is 9.72. The van der Waals surface area contributed by atoms with Crippen molar-refractivity contribution >= 4 is 40.3 Å². The molecule has 20 heavy (non-hydrogen) atoms. The lowest BCUT2D eigenvalue weighted by Gasteiger charge is -2.15. The highest BCUT2D eigenvalue weighted by molar-refractivity contribution is 7.80. The topological polar surface area (TPSA) is 9.23 Å². The molecule has 4 heteroatoms. The summed E-state index contributed by atoms with van der Waals surface area (Å²) in [4.78, 5) is 0.834. The van der Waals surface area contributed by atoms with Crippen LogP contribution in [0.1, 0.15) is 17.5 Å². The van der Waals surface area contributed by atoms with Crippen molar-refractivity contribution in [3.05, 3.63) is 58.9 Å². The van der Waals surface area contributed by atoms with Crippen LogP contribution in [0, 0.1) is 0 Å². The molecule has 0 radical (unpaired) electrons. The van der Waals surface area contributed by atoms with Gasteiger partial charge < -0.3 is 4.74 Å². The molecule has 0 atom stereocenters. The highest BCUT2D eigenvalue weighted by Gasteiger charge is 2.12. The molecule has 0 fully saturated rings. The molecule has 0 aliphatic heterocycles. The van der Waals surface area contributed by atoms with Gasteiger partial charge in [0.2, 0.25) is 0 Å². The maximum atomic E-state index is 5.80. The molecule has 106 valence electrons. The molecule has 1 aliphatic carbocycles. The molecule has 0 amide bonds. The van der Waals surface area contributed by atoms with E-state index in [0.29, 0.717) is 18.4 Å². The third-order valence-corrected chi connectivity index (χ3v) is 4.13. The van der Waals surface area contributed by atoms with Gasteiger partial charge >= 0.3 is 0 Å². The Bertz CT molecular complexity index is 532. The molecule has 0 N–H and O–H groups in total. The Labute approximate surface area is 135 Å². The predicted octanol–water partition coefficient (Wildman–Crippen LogP) is 4.81. The molecule has 0 unspecified atom stereocenters. The quantitative estimate of drug-likeness (QED) is 0.548. The fourth-order valence-corrected chi connectivity index (χ4v) is 2.61. The Balaban J connectivity index is 1.85. The van der Waals surface area contributed by atoms with Crippen molar-refractivity contribution in [3.8, 4) is 0 Å². The summed E-state index contributed by atoms with van der Waals surface area (Å²) in [5.74, 6) is 1.87. The number of thiocarbonyl (C=S) groups is 1. The molecule has 1 nitrogen and oxygen atoms in total. The zero-order valence-corrected chi connectivity index (χ0v) is 13.4. The lowest BCUT2D eigenvalue weighted by atomic mass is 10.1. The van der Waals surface area contributed by atoms with Gasteiger partial charge in [-0.25, -0.2) is 0 Å². The van der Waals surface area contributed by atoms with Gasteiger partial charge in [0.1, 0.15) is 5.76 Å². The van der Waals surface area contributed by atoms with E-state index < -0.39 is 0 Å². The highest BCUT2D eigenvalue weighted by Crippen LogP contribution is 2.19. The normalized spacial score (nSPS) is 14.8. The number of halogens is 2. The van der Waals surface area contributed by atoms with Crippen LogP contribution in [-0.4, -0.2) is 17.4 Å². The minimum atomic E-state index is 0.525. The van der Waals surface area contributed by atoms with E-state index in [1.807, 2.05) is 24.3 Å². The molecule has 1 aromatic rings. The van der Waals surface area contributed by atoms with Crippen LogP contribution in [0.4, 0.5) is 0 Å². The predicted molar refractivity (Wildman–Crippen MR) is 89.8 cm³/mol. The lowest BCUT2D eigenvalue weighted by molar-refractivity contribution is 0.235. The van der Waals surface area contributed by atoms with Crippen molar-refractivity contribution in [1.29, 1.82) is 0 Å². The maximum absolute atomic E-state index is 5.80. The first-order valence-electron chi connectivity index (χ1n) is 6.48. The number of allylic oxidation sites excluding steroid dienone is 4. The number of ether oxygens (including phenoxy) is 1. The van der Waals surface area contributed by atoms with Crippen molar-refractivity contribution in [1.82, 2.24) is 0 Å². The second-order valence-electron chi connectivity index (χ2n) is 4.64. The Hall–Kier alpha value is -0.830. The minimum absolute atomic E-state index is 0.525. The zero-order chi connectivity index (χ0) is 14.4. The van der Waals surface area contributed by atoms with E-state index in [-0.39, 0.29) is 0 Å². The van der Waals surface area contributed by atoms with Crippen LogP contribution in [0.5, 0.6) is 0 Å². The first-order valence-corrected chi connectivity index (χ1v) is 7.96. The monoisotopic (exact) mass is 326 g/mol. The first kappa shape index (κ1) is 15.6. The lowest BCUT2D eigenvalue weighted by Crippen LogP contribution is -2.11. The number of hydrogen-bond donors (Lipinski definition) is 0. The molecule has 0 saturated heterocycles. The van der Waals surface area contributed by atoms with Gasteiger partial charge in [0, 0.05) is 24.6 Å². The second kappa shape index (κ2) is 7.82. The number of benzene rings is 1. The summed E-state index contributed by atoms with van der Waals surface area (Å²) in [7, 11) is 0. The van der Waals surface area contributed by atoms with Crippen LogP contribution in [0.25, 0.3) is 0 Å². The Morgan fingerprint density at radius 2 is 1.70 bits per heavy atom. The van der Waals surface area contributed by atoms with Crippen LogP contribution in [0.15, 0.2) is 47.7 Å². The van der Waals surface area contributed by atoms with Gasteiger partial charge in [-0.3, -0.25) is 0 Å². The van der Waals surface area contributed by atoms with Gasteiger partial charge in [-0.1, -0.05) is 42.6 Å². The summed E-state index contributed by atoms with van der Waals surface area (Å²) >= 11 is 16.9. The van der Waals surface area contributed by atoms with Crippen molar-refractivity contribution in [2.24, 2.45) is 0 Å². The van der Waals surface area contributed by atoms with Gasteiger partial charge in [0.15, 0.2) is 0 Å². The number of hydrogen-bond acceptors (Lipinski definition) is 2.